The van der Waals surface area contributed by atoms with Crippen LogP contribution in [0.4, 0.5) is 13.2 Å². The second kappa shape index (κ2) is 8.76. The molecule has 0 heterocycles. The van der Waals surface area contributed by atoms with Gasteiger partial charge in [0.05, 0.1) is 5.92 Å². The third-order valence-electron chi connectivity index (χ3n) is 5.62. The van der Waals surface area contributed by atoms with Gasteiger partial charge in [0.1, 0.15) is 11.1 Å². The molecule has 1 aliphatic carbocycles. The maximum absolute atomic E-state index is 12.7. The van der Waals surface area contributed by atoms with Gasteiger partial charge >= 0.3 is 12.1 Å². The van der Waals surface area contributed by atoms with Crippen LogP contribution in [0.15, 0.2) is 65.7 Å². The molecule has 0 aliphatic heterocycles. The highest BCUT2D eigenvalue weighted by molar-refractivity contribution is 6.30. The molecule has 0 amide bonds. The molecule has 3 unspecified atom stereocenters. The van der Waals surface area contributed by atoms with E-state index in [1.165, 1.54) is 0 Å². The minimum atomic E-state index is -4.66. The molecule has 1 saturated carbocycles. The Balaban J connectivity index is 1.72. The molecule has 31 heavy (non-hydrogen) atoms. The molecule has 3 rings (SSSR count). The van der Waals surface area contributed by atoms with E-state index in [9.17, 15) is 23.2 Å². The predicted octanol–water partition coefficient (Wildman–Crippen LogP) is 6.34. The number of hydrogen-bond donors (Lipinski definition) is 0. The number of alkyl halides is 3. The summed E-state index contributed by atoms with van der Waals surface area (Å²) in [7, 11) is 0. The fraction of sp³-hybridized carbons (Fsp3) is 0.333. The number of esters is 1. The number of nitrogens with zero attached hydrogens (tertiary/aromatic N) is 1. The van der Waals surface area contributed by atoms with Crippen molar-refractivity contribution in [3.05, 3.63) is 82.4 Å². The highest BCUT2D eigenvalue weighted by atomic mass is 35.5. The number of rotatable bonds is 6. The van der Waals surface area contributed by atoms with Crippen molar-refractivity contribution in [2.24, 2.45) is 17.3 Å². The number of halogens is 4. The number of hydrogen-bond acceptors (Lipinski definition) is 3. The lowest BCUT2D eigenvalue weighted by atomic mass is 10.0. The Hall–Kier alpha value is -2.78. The first-order valence-electron chi connectivity index (χ1n) is 9.71. The smallest absolute Gasteiger partial charge is 0.426 e. The number of carbonyl (C=O) groups is 1. The van der Waals surface area contributed by atoms with Gasteiger partial charge in [0.15, 0.2) is 0 Å². The summed E-state index contributed by atoms with van der Waals surface area (Å²) in [5.74, 6) is -2.22. The summed E-state index contributed by atoms with van der Waals surface area (Å²) in [6.07, 6.45) is -4.31. The zero-order valence-corrected chi connectivity index (χ0v) is 17.7. The van der Waals surface area contributed by atoms with E-state index in [0.717, 1.165) is 17.2 Å². The summed E-state index contributed by atoms with van der Waals surface area (Å²) in [5.41, 5.74) is 1.83. The van der Waals surface area contributed by atoms with Crippen molar-refractivity contribution < 1.29 is 22.7 Å². The first-order chi connectivity index (χ1) is 14.5. The molecule has 0 bridgehead atoms. The lowest BCUT2D eigenvalue weighted by Crippen LogP contribution is -2.15. The van der Waals surface area contributed by atoms with Crippen molar-refractivity contribution in [3.63, 3.8) is 0 Å². The summed E-state index contributed by atoms with van der Waals surface area (Å²) in [5, 5.41) is 8.29. The van der Waals surface area contributed by atoms with Crippen LogP contribution >= 0.6 is 11.6 Å². The molecule has 3 nitrogen and oxygen atoms in total. The monoisotopic (exact) mass is 447 g/mol. The van der Waals surface area contributed by atoms with E-state index in [1.807, 2.05) is 42.5 Å². The van der Waals surface area contributed by atoms with Crippen molar-refractivity contribution in [2.45, 2.75) is 32.5 Å². The van der Waals surface area contributed by atoms with Crippen LogP contribution in [-0.4, -0.2) is 12.1 Å². The maximum atomic E-state index is 12.7. The molecule has 3 atom stereocenters. The Labute approximate surface area is 184 Å². The van der Waals surface area contributed by atoms with Crippen LogP contribution in [0.25, 0.3) is 0 Å². The number of allylic oxidation sites excluding steroid dienone is 2. The van der Waals surface area contributed by atoms with Gasteiger partial charge in [-0.25, -0.2) is 0 Å². The topological polar surface area (TPSA) is 50.1 Å². The average molecular weight is 448 g/mol. The quantitative estimate of drug-likeness (QED) is 0.485. The molecular weight excluding hydrogens is 427 g/mol. The summed E-state index contributed by atoms with van der Waals surface area (Å²) in [6.45, 7) is 3.34. The normalized spacial score (nSPS) is 21.1. The van der Waals surface area contributed by atoms with Crippen LogP contribution < -0.4 is 0 Å². The minimum absolute atomic E-state index is 0.517. The first-order valence-corrected chi connectivity index (χ1v) is 10.1. The predicted molar refractivity (Wildman–Crippen MR) is 111 cm³/mol. The number of benzene rings is 2. The third kappa shape index (κ3) is 5.29. The SMILES string of the molecule is CC1(C)C(/C=C(\Cl)C(F)(F)F)C1C(=O)OC(C#N)c1cccc(Cc2ccccc2)c1. The van der Waals surface area contributed by atoms with E-state index in [-0.39, 0.29) is 0 Å². The Kier molecular flexibility index (Phi) is 6.47. The first kappa shape index (κ1) is 22.9. The highest BCUT2D eigenvalue weighted by Crippen LogP contribution is 2.60. The molecule has 2 aromatic carbocycles. The Morgan fingerprint density at radius 2 is 1.84 bits per heavy atom. The van der Waals surface area contributed by atoms with Gasteiger partial charge in [0.25, 0.3) is 0 Å². The van der Waals surface area contributed by atoms with Gasteiger partial charge in [0.2, 0.25) is 6.10 Å². The Bertz CT molecular complexity index is 1030. The van der Waals surface area contributed by atoms with Gasteiger partial charge in [0, 0.05) is 5.56 Å². The second-order valence-corrected chi connectivity index (χ2v) is 8.60. The van der Waals surface area contributed by atoms with Gasteiger partial charge in [-0.1, -0.05) is 86.1 Å². The van der Waals surface area contributed by atoms with E-state index >= 15 is 0 Å². The van der Waals surface area contributed by atoms with Gasteiger partial charge in [-0.15, -0.1) is 0 Å². The van der Waals surface area contributed by atoms with Crippen LogP contribution in [0, 0.1) is 28.6 Å². The number of nitriles is 1. The number of ether oxygens (including phenoxy) is 1. The van der Waals surface area contributed by atoms with Gasteiger partial charge in [-0.05, 0) is 28.9 Å². The van der Waals surface area contributed by atoms with Gasteiger partial charge in [-0.2, -0.15) is 18.4 Å². The van der Waals surface area contributed by atoms with Crippen molar-refractivity contribution in [2.75, 3.05) is 0 Å². The van der Waals surface area contributed by atoms with Crippen molar-refractivity contribution >= 4 is 17.6 Å². The molecule has 0 radical (unpaired) electrons. The van der Waals surface area contributed by atoms with Crippen molar-refractivity contribution in [1.29, 1.82) is 5.26 Å². The Morgan fingerprint density at radius 1 is 1.19 bits per heavy atom. The molecular formula is C24H21ClF3NO2. The van der Waals surface area contributed by atoms with E-state index in [4.69, 9.17) is 16.3 Å². The van der Waals surface area contributed by atoms with Crippen LogP contribution in [0.2, 0.25) is 0 Å². The molecule has 0 N–H and O–H groups in total. The molecule has 1 aliphatic rings. The van der Waals surface area contributed by atoms with Crippen LogP contribution in [0.3, 0.4) is 0 Å². The average Bonchev–Trinajstić information content (AvgIpc) is 3.26. The molecule has 0 aromatic heterocycles. The molecule has 162 valence electrons. The largest absolute Gasteiger partial charge is 0.442 e. The fourth-order valence-corrected chi connectivity index (χ4v) is 3.88. The zero-order valence-electron chi connectivity index (χ0n) is 17.0. The lowest BCUT2D eigenvalue weighted by Gasteiger charge is -2.13. The molecule has 0 saturated heterocycles. The van der Waals surface area contributed by atoms with E-state index in [1.54, 1.807) is 32.0 Å². The van der Waals surface area contributed by atoms with Crippen LogP contribution in [0.5, 0.6) is 0 Å². The van der Waals surface area contributed by atoms with E-state index < -0.39 is 40.5 Å². The van der Waals surface area contributed by atoms with E-state index in [0.29, 0.717) is 12.0 Å². The summed E-state index contributed by atoms with van der Waals surface area (Å²) >= 11 is 5.33. The zero-order chi connectivity index (χ0) is 22.8. The maximum Gasteiger partial charge on any atom is 0.426 e. The van der Waals surface area contributed by atoms with E-state index in [2.05, 4.69) is 0 Å². The van der Waals surface area contributed by atoms with Gasteiger partial charge in [-0.3, -0.25) is 4.79 Å². The number of carbonyl (C=O) groups excluding carboxylic acids is 1. The molecule has 2 aromatic rings. The highest BCUT2D eigenvalue weighted by Gasteiger charge is 2.62. The van der Waals surface area contributed by atoms with Gasteiger partial charge < -0.3 is 4.74 Å². The molecule has 7 heteroatoms. The van der Waals surface area contributed by atoms with Crippen molar-refractivity contribution in [1.82, 2.24) is 0 Å². The molecule has 0 spiro atoms. The molecule has 1 fully saturated rings. The summed E-state index contributed by atoms with van der Waals surface area (Å²) in [4.78, 5) is 12.7. The van der Waals surface area contributed by atoms with Crippen molar-refractivity contribution in [3.8, 4) is 6.07 Å². The lowest BCUT2D eigenvalue weighted by molar-refractivity contribution is -0.149. The fourth-order valence-electron chi connectivity index (χ4n) is 3.75. The minimum Gasteiger partial charge on any atom is -0.442 e. The standard InChI is InChI=1S/C24H21ClF3NO2/c1-23(2)18(13-20(25)24(26,27)28)21(23)22(30)31-19(14-29)17-10-6-9-16(12-17)11-15-7-4-3-5-8-15/h3-10,12-13,18-19,21H,11H2,1-2H3/b20-13-. The second-order valence-electron chi connectivity index (χ2n) is 8.19. The third-order valence-corrected chi connectivity index (χ3v) is 5.96. The summed E-state index contributed by atoms with van der Waals surface area (Å²) < 4.78 is 43.6. The Morgan fingerprint density at radius 3 is 2.45 bits per heavy atom. The van der Waals surface area contributed by atoms with Crippen LogP contribution in [0.1, 0.15) is 36.6 Å². The summed E-state index contributed by atoms with van der Waals surface area (Å²) in [6, 6.07) is 18.9. The van der Waals surface area contributed by atoms with Crippen LogP contribution in [-0.2, 0) is 16.0 Å².